The molecule has 0 saturated heterocycles. The van der Waals surface area contributed by atoms with E-state index in [0.29, 0.717) is 16.4 Å². The molecule has 0 aliphatic carbocycles. The van der Waals surface area contributed by atoms with Crippen molar-refractivity contribution in [3.63, 3.8) is 0 Å². The third kappa shape index (κ3) is 1.02. The minimum atomic E-state index is 0.563. The lowest BCUT2D eigenvalue weighted by Gasteiger charge is -2.00. The molecule has 3 nitrogen and oxygen atoms in total. The van der Waals surface area contributed by atoms with Crippen molar-refractivity contribution in [1.82, 2.24) is 5.16 Å². The van der Waals surface area contributed by atoms with Gasteiger partial charge in [0.05, 0.1) is 18.3 Å². The summed E-state index contributed by atoms with van der Waals surface area (Å²) in [6, 6.07) is 3.47. The average Bonchev–Trinajstić information content (AvgIpc) is 2.49. The number of rotatable bonds is 1. The van der Waals surface area contributed by atoms with Crippen LogP contribution in [-0.4, -0.2) is 12.3 Å². The molecule has 0 fully saturated rings. The zero-order valence-electron chi connectivity index (χ0n) is 6.37. The first-order valence-corrected chi connectivity index (χ1v) is 3.77. The summed E-state index contributed by atoms with van der Waals surface area (Å²) in [6.07, 6.45) is 1.61. The van der Waals surface area contributed by atoms with Gasteiger partial charge in [-0.15, -0.1) is 0 Å². The Morgan fingerprint density at radius 1 is 1.50 bits per heavy atom. The van der Waals surface area contributed by atoms with Crippen molar-refractivity contribution in [2.75, 3.05) is 7.11 Å². The van der Waals surface area contributed by atoms with E-state index in [9.17, 15) is 0 Å². The predicted octanol–water partition coefficient (Wildman–Crippen LogP) is 2.49. The Balaban J connectivity index is 2.73. The van der Waals surface area contributed by atoms with Crippen molar-refractivity contribution in [1.29, 1.82) is 0 Å². The Morgan fingerprint density at radius 2 is 2.33 bits per heavy atom. The van der Waals surface area contributed by atoms with Crippen LogP contribution in [0.1, 0.15) is 0 Å². The zero-order chi connectivity index (χ0) is 8.55. The minimum absolute atomic E-state index is 0.563. The number of halogens is 1. The van der Waals surface area contributed by atoms with Crippen LogP contribution < -0.4 is 4.74 Å². The summed E-state index contributed by atoms with van der Waals surface area (Å²) < 4.78 is 9.93. The van der Waals surface area contributed by atoms with Gasteiger partial charge in [0.15, 0.2) is 5.58 Å². The van der Waals surface area contributed by atoms with E-state index in [1.54, 1.807) is 25.4 Å². The van der Waals surface area contributed by atoms with Crippen molar-refractivity contribution in [2.45, 2.75) is 0 Å². The molecule has 0 amide bonds. The second-order valence-electron chi connectivity index (χ2n) is 2.35. The van der Waals surface area contributed by atoms with Gasteiger partial charge in [0.1, 0.15) is 5.75 Å². The van der Waals surface area contributed by atoms with Gasteiger partial charge in [0.25, 0.3) is 0 Å². The molecule has 4 heteroatoms. The van der Waals surface area contributed by atoms with Gasteiger partial charge >= 0.3 is 0 Å². The summed E-state index contributed by atoms with van der Waals surface area (Å²) in [5.74, 6) is 0.598. The fourth-order valence-corrected chi connectivity index (χ4v) is 1.28. The van der Waals surface area contributed by atoms with Crippen molar-refractivity contribution < 1.29 is 9.26 Å². The fraction of sp³-hybridized carbons (Fsp3) is 0.125. The van der Waals surface area contributed by atoms with Gasteiger partial charge in [-0.2, -0.15) is 0 Å². The van der Waals surface area contributed by atoms with Gasteiger partial charge < -0.3 is 9.26 Å². The first-order chi connectivity index (χ1) is 5.81. The number of benzene rings is 1. The lowest BCUT2D eigenvalue weighted by molar-refractivity contribution is 0.412. The van der Waals surface area contributed by atoms with E-state index >= 15 is 0 Å². The highest BCUT2D eigenvalue weighted by Gasteiger charge is 2.05. The molecule has 1 aromatic carbocycles. The lowest BCUT2D eigenvalue weighted by atomic mass is 10.2. The van der Waals surface area contributed by atoms with Crippen LogP contribution in [0.2, 0.25) is 5.02 Å². The molecule has 0 aliphatic heterocycles. The second kappa shape index (κ2) is 2.68. The van der Waals surface area contributed by atoms with E-state index in [1.165, 1.54) is 0 Å². The van der Waals surface area contributed by atoms with E-state index in [2.05, 4.69) is 5.16 Å². The van der Waals surface area contributed by atoms with E-state index in [0.717, 1.165) is 5.39 Å². The molecule has 2 rings (SSSR count). The van der Waals surface area contributed by atoms with Crippen molar-refractivity contribution in [3.05, 3.63) is 23.4 Å². The Kier molecular flexibility index (Phi) is 1.66. The number of fused-ring (bicyclic) bond motifs is 1. The van der Waals surface area contributed by atoms with E-state index in [1.807, 2.05) is 0 Å². The summed E-state index contributed by atoms with van der Waals surface area (Å²) >= 11 is 5.87. The van der Waals surface area contributed by atoms with Crippen molar-refractivity contribution in [3.8, 4) is 5.75 Å². The molecule has 0 unspecified atom stereocenters. The number of hydrogen-bond donors (Lipinski definition) is 0. The van der Waals surface area contributed by atoms with Crippen LogP contribution >= 0.6 is 11.6 Å². The molecule has 0 spiro atoms. The van der Waals surface area contributed by atoms with Gasteiger partial charge in [-0.1, -0.05) is 16.8 Å². The van der Waals surface area contributed by atoms with Gasteiger partial charge in [-0.3, -0.25) is 0 Å². The molecule has 12 heavy (non-hydrogen) atoms. The number of methoxy groups -OCH3 is 1. The molecule has 0 atom stereocenters. The highest BCUT2D eigenvalue weighted by molar-refractivity contribution is 6.32. The summed E-state index contributed by atoms with van der Waals surface area (Å²) in [7, 11) is 1.56. The Labute approximate surface area is 73.9 Å². The molecule has 0 N–H and O–H groups in total. The molecule has 1 heterocycles. The summed E-state index contributed by atoms with van der Waals surface area (Å²) in [4.78, 5) is 0. The quantitative estimate of drug-likeness (QED) is 0.682. The van der Waals surface area contributed by atoms with Crippen LogP contribution in [0.25, 0.3) is 11.0 Å². The van der Waals surface area contributed by atoms with E-state index < -0.39 is 0 Å². The maximum Gasteiger partial charge on any atom is 0.170 e. The monoisotopic (exact) mass is 183 g/mol. The Hall–Kier alpha value is -1.22. The standard InChI is InChI=1S/C8H6ClNO2/c1-11-8-3-7-5(2-6(8)9)4-10-12-7/h2-4H,1H3. The van der Waals surface area contributed by atoms with Gasteiger partial charge in [-0.25, -0.2) is 0 Å². The first-order valence-electron chi connectivity index (χ1n) is 3.39. The molecule has 2 aromatic rings. The summed E-state index contributed by atoms with van der Waals surface area (Å²) in [6.45, 7) is 0. The van der Waals surface area contributed by atoms with Crippen LogP contribution in [0.5, 0.6) is 5.75 Å². The van der Waals surface area contributed by atoms with Crippen LogP contribution in [-0.2, 0) is 0 Å². The Bertz CT molecular complexity index is 410. The number of aromatic nitrogens is 1. The second-order valence-corrected chi connectivity index (χ2v) is 2.76. The largest absolute Gasteiger partial charge is 0.495 e. The number of ether oxygens (including phenoxy) is 1. The zero-order valence-corrected chi connectivity index (χ0v) is 7.13. The van der Waals surface area contributed by atoms with Crippen LogP contribution in [0, 0.1) is 0 Å². The molecule has 0 saturated carbocycles. The highest BCUT2D eigenvalue weighted by Crippen LogP contribution is 2.29. The number of hydrogen-bond acceptors (Lipinski definition) is 3. The fourth-order valence-electron chi connectivity index (χ4n) is 1.03. The maximum absolute atomic E-state index is 5.87. The molecular formula is C8H6ClNO2. The minimum Gasteiger partial charge on any atom is -0.495 e. The maximum atomic E-state index is 5.87. The topological polar surface area (TPSA) is 35.3 Å². The first kappa shape index (κ1) is 7.43. The van der Waals surface area contributed by atoms with Gasteiger partial charge in [0.2, 0.25) is 0 Å². The molecule has 0 aliphatic rings. The summed E-state index contributed by atoms with van der Waals surface area (Å²) in [5, 5.41) is 5.07. The molecule has 0 bridgehead atoms. The van der Waals surface area contributed by atoms with Gasteiger partial charge in [0, 0.05) is 11.5 Å². The van der Waals surface area contributed by atoms with E-state index in [-0.39, 0.29) is 0 Å². The molecule has 0 radical (unpaired) electrons. The van der Waals surface area contributed by atoms with E-state index in [4.69, 9.17) is 20.9 Å². The van der Waals surface area contributed by atoms with Crippen LogP contribution in [0.3, 0.4) is 0 Å². The number of nitrogens with zero attached hydrogens (tertiary/aromatic N) is 1. The van der Waals surface area contributed by atoms with Crippen molar-refractivity contribution in [2.24, 2.45) is 0 Å². The average molecular weight is 184 g/mol. The molecular weight excluding hydrogens is 178 g/mol. The Morgan fingerprint density at radius 3 is 3.08 bits per heavy atom. The van der Waals surface area contributed by atoms with Crippen LogP contribution in [0.15, 0.2) is 22.9 Å². The highest BCUT2D eigenvalue weighted by atomic mass is 35.5. The molecule has 1 aromatic heterocycles. The van der Waals surface area contributed by atoms with Crippen molar-refractivity contribution >= 4 is 22.6 Å². The van der Waals surface area contributed by atoms with Crippen LogP contribution in [0.4, 0.5) is 0 Å². The normalized spacial score (nSPS) is 10.5. The predicted molar refractivity (Wildman–Crippen MR) is 45.6 cm³/mol. The summed E-state index contributed by atoms with van der Waals surface area (Å²) in [5.41, 5.74) is 0.677. The third-order valence-corrected chi connectivity index (χ3v) is 1.92. The lowest BCUT2D eigenvalue weighted by Crippen LogP contribution is -1.82. The SMILES string of the molecule is COc1cc2oncc2cc1Cl. The third-order valence-electron chi connectivity index (χ3n) is 1.63. The van der Waals surface area contributed by atoms with Gasteiger partial charge in [-0.05, 0) is 6.07 Å². The molecule has 62 valence electrons. The smallest absolute Gasteiger partial charge is 0.170 e.